The molecule has 0 fully saturated rings. The maximum absolute atomic E-state index is 15.2. The van der Waals surface area contributed by atoms with Crippen LogP contribution in [0.15, 0.2) is 171 Å². The van der Waals surface area contributed by atoms with Crippen molar-refractivity contribution in [1.82, 2.24) is 24.5 Å². The Hall–Kier alpha value is -7.58. The number of hydrogen-bond acceptors (Lipinski definition) is 6. The number of carbonyl (C=O) groups is 2. The second-order valence-corrected chi connectivity index (χ2v) is 13.1. The highest BCUT2D eigenvalue weighted by molar-refractivity contribution is 6.36. The quantitative estimate of drug-likeness (QED) is 0.161. The Morgan fingerprint density at radius 1 is 0.389 bits per heavy atom. The average Bonchev–Trinajstić information content (AvgIpc) is 3.72. The topological polar surface area (TPSA) is 93.9 Å². The third-order valence-corrected chi connectivity index (χ3v) is 10.1. The van der Waals surface area contributed by atoms with E-state index in [2.05, 4.69) is 36.6 Å². The van der Waals surface area contributed by atoms with E-state index in [1.54, 1.807) is 30.9 Å². The van der Waals surface area contributed by atoms with E-state index in [-0.39, 0.29) is 5.91 Å². The van der Waals surface area contributed by atoms with E-state index in [1.807, 2.05) is 115 Å². The first-order valence-electron chi connectivity index (χ1n) is 17.5. The van der Waals surface area contributed by atoms with Gasteiger partial charge in [0.25, 0.3) is 11.8 Å². The second-order valence-electron chi connectivity index (χ2n) is 13.1. The third-order valence-electron chi connectivity index (χ3n) is 10.1. The molecule has 4 heterocycles. The van der Waals surface area contributed by atoms with Gasteiger partial charge >= 0.3 is 0 Å². The molecule has 0 saturated heterocycles. The highest BCUT2D eigenvalue weighted by Gasteiger charge is 2.41. The number of rotatable bonds is 6. The van der Waals surface area contributed by atoms with Crippen molar-refractivity contribution in [3.63, 3.8) is 0 Å². The fourth-order valence-corrected chi connectivity index (χ4v) is 7.76. The lowest BCUT2D eigenvalue weighted by molar-refractivity contribution is 0.0926. The largest absolute Gasteiger partial charge is 0.307 e. The first kappa shape index (κ1) is 31.2. The van der Waals surface area contributed by atoms with E-state index in [1.165, 1.54) is 17.6 Å². The molecule has 0 radical (unpaired) electrons. The van der Waals surface area contributed by atoms with Crippen LogP contribution in [0.4, 0.5) is 5.69 Å². The van der Waals surface area contributed by atoms with Crippen molar-refractivity contribution in [3.05, 3.63) is 182 Å². The highest BCUT2D eigenvalue weighted by Crippen LogP contribution is 2.45. The van der Waals surface area contributed by atoms with Crippen LogP contribution < -0.4 is 4.90 Å². The van der Waals surface area contributed by atoms with E-state index in [0.717, 1.165) is 66.3 Å². The van der Waals surface area contributed by atoms with Gasteiger partial charge in [0.05, 0.1) is 33.5 Å². The first-order chi connectivity index (χ1) is 26.7. The monoisotopic (exact) mass is 696 g/mol. The van der Waals surface area contributed by atoms with Gasteiger partial charge in [-0.25, -0.2) is 24.8 Å². The van der Waals surface area contributed by atoms with Crippen molar-refractivity contribution in [2.45, 2.75) is 0 Å². The molecule has 3 aromatic heterocycles. The summed E-state index contributed by atoms with van der Waals surface area (Å²) in [4.78, 5) is 48.6. The molecule has 0 N–H and O–H groups in total. The van der Waals surface area contributed by atoms with Crippen molar-refractivity contribution in [2.75, 3.05) is 4.90 Å². The lowest BCUT2D eigenvalue weighted by atomic mass is 9.97. The van der Waals surface area contributed by atoms with Crippen LogP contribution in [-0.2, 0) is 0 Å². The summed E-state index contributed by atoms with van der Waals surface area (Å²) in [6.07, 6.45) is 10.1. The normalized spacial score (nSPS) is 12.5. The Morgan fingerprint density at radius 3 is 1.52 bits per heavy atom. The standard InChI is InChI=1S/C46H28N6O2/c53-45-39-18-9-19-40(42(39)46(54)52(45)41-22-31(29-10-3-1-4-11-29)20-21-34(41)30-12-5-2-6-13-30)51-43-35(32-23-47-27-48-24-32)14-7-16-37(43)38-17-8-15-36(44(38)51)33-25-49-28-50-26-33/h1-28H. The minimum atomic E-state index is -0.399. The maximum Gasteiger partial charge on any atom is 0.268 e. The second kappa shape index (κ2) is 12.6. The van der Waals surface area contributed by atoms with Gasteiger partial charge in [-0.1, -0.05) is 115 Å². The van der Waals surface area contributed by atoms with Crippen LogP contribution in [0.25, 0.3) is 72.0 Å². The van der Waals surface area contributed by atoms with Gasteiger partial charge in [0.1, 0.15) is 12.7 Å². The minimum Gasteiger partial charge on any atom is -0.307 e. The number of fused-ring (bicyclic) bond motifs is 4. The van der Waals surface area contributed by atoms with Crippen molar-refractivity contribution in [1.29, 1.82) is 0 Å². The van der Waals surface area contributed by atoms with Gasteiger partial charge in [0.2, 0.25) is 0 Å². The summed E-state index contributed by atoms with van der Waals surface area (Å²) >= 11 is 0. The molecular weight excluding hydrogens is 669 g/mol. The molecule has 1 aliphatic heterocycles. The first-order valence-corrected chi connectivity index (χ1v) is 17.5. The summed E-state index contributed by atoms with van der Waals surface area (Å²) in [6, 6.07) is 43.6. The molecule has 54 heavy (non-hydrogen) atoms. The smallest absolute Gasteiger partial charge is 0.268 e. The number of nitrogens with zero attached hydrogens (tertiary/aromatic N) is 6. The Balaban J connectivity index is 1.26. The van der Waals surface area contributed by atoms with Gasteiger partial charge in [-0.15, -0.1) is 0 Å². The molecule has 1 aliphatic rings. The zero-order chi connectivity index (χ0) is 36.2. The maximum atomic E-state index is 15.2. The Kier molecular flexibility index (Phi) is 7.26. The number of imide groups is 1. The predicted octanol–water partition coefficient (Wildman–Crippen LogP) is 9.83. The molecule has 9 aromatic rings. The molecule has 8 nitrogen and oxygen atoms in total. The van der Waals surface area contributed by atoms with E-state index in [4.69, 9.17) is 0 Å². The van der Waals surface area contributed by atoms with Crippen LogP contribution in [0.5, 0.6) is 0 Å². The summed E-state index contributed by atoms with van der Waals surface area (Å²) in [5.74, 6) is -0.780. The Morgan fingerprint density at radius 2 is 0.926 bits per heavy atom. The summed E-state index contributed by atoms with van der Waals surface area (Å²) in [7, 11) is 0. The van der Waals surface area contributed by atoms with E-state index in [9.17, 15) is 4.79 Å². The van der Waals surface area contributed by atoms with E-state index in [0.29, 0.717) is 22.5 Å². The minimum absolute atomic E-state index is 0.323. The Labute approximate surface area is 309 Å². The van der Waals surface area contributed by atoms with Crippen molar-refractivity contribution < 1.29 is 9.59 Å². The number of anilines is 1. The molecule has 6 aromatic carbocycles. The Bertz CT molecular complexity index is 2810. The lowest BCUT2D eigenvalue weighted by Crippen LogP contribution is -2.30. The number of carbonyl (C=O) groups excluding carboxylic acids is 2. The molecular formula is C46H28N6O2. The summed E-state index contributed by atoms with van der Waals surface area (Å²) in [5, 5.41) is 1.94. The molecule has 10 rings (SSSR count). The van der Waals surface area contributed by atoms with E-state index < -0.39 is 5.91 Å². The van der Waals surface area contributed by atoms with Crippen LogP contribution in [0.3, 0.4) is 0 Å². The molecule has 0 atom stereocenters. The number of amides is 2. The summed E-state index contributed by atoms with van der Waals surface area (Å²) in [5.41, 5.74) is 10.4. The highest BCUT2D eigenvalue weighted by atomic mass is 16.2. The van der Waals surface area contributed by atoms with Crippen molar-refractivity contribution in [2.24, 2.45) is 0 Å². The molecule has 8 heteroatoms. The van der Waals surface area contributed by atoms with Crippen LogP contribution in [0.1, 0.15) is 20.7 Å². The SMILES string of the molecule is O=C1c2cccc(-n3c4c(-c5cncnc5)cccc4c4cccc(-c5cncnc5)c43)c2C(=O)N1c1cc(-c2ccccc2)ccc1-c1ccccc1. The van der Waals surface area contributed by atoms with Crippen molar-refractivity contribution >= 4 is 39.3 Å². The van der Waals surface area contributed by atoms with Gasteiger partial charge < -0.3 is 4.57 Å². The zero-order valence-electron chi connectivity index (χ0n) is 28.7. The fraction of sp³-hybridized carbons (Fsp3) is 0. The molecule has 0 aliphatic carbocycles. The van der Waals surface area contributed by atoms with Crippen LogP contribution in [0.2, 0.25) is 0 Å². The van der Waals surface area contributed by atoms with Gasteiger partial charge in [-0.2, -0.15) is 0 Å². The van der Waals surface area contributed by atoms with Crippen molar-refractivity contribution in [3.8, 4) is 50.2 Å². The number of hydrogen-bond donors (Lipinski definition) is 0. The van der Waals surface area contributed by atoms with Gasteiger partial charge in [0.15, 0.2) is 0 Å². The molecule has 0 bridgehead atoms. The third kappa shape index (κ3) is 4.85. The van der Waals surface area contributed by atoms with Crippen LogP contribution in [-0.4, -0.2) is 36.3 Å². The number of para-hydroxylation sites is 2. The molecule has 2 amide bonds. The lowest BCUT2D eigenvalue weighted by Gasteiger charge is -2.20. The van der Waals surface area contributed by atoms with Gasteiger partial charge in [-0.3, -0.25) is 9.59 Å². The fourth-order valence-electron chi connectivity index (χ4n) is 7.76. The molecule has 0 saturated carbocycles. The number of aromatic nitrogens is 5. The molecule has 0 spiro atoms. The van der Waals surface area contributed by atoms with Gasteiger partial charge in [0, 0.05) is 63.4 Å². The summed E-state index contributed by atoms with van der Waals surface area (Å²) < 4.78 is 2.11. The average molecular weight is 697 g/mol. The summed E-state index contributed by atoms with van der Waals surface area (Å²) in [6.45, 7) is 0. The predicted molar refractivity (Wildman–Crippen MR) is 211 cm³/mol. The van der Waals surface area contributed by atoms with Crippen LogP contribution in [0, 0.1) is 0 Å². The number of benzene rings is 6. The van der Waals surface area contributed by atoms with Gasteiger partial charge in [-0.05, 0) is 34.9 Å². The van der Waals surface area contributed by atoms with Crippen LogP contribution >= 0.6 is 0 Å². The molecule has 254 valence electrons. The molecule has 0 unspecified atom stereocenters. The zero-order valence-corrected chi connectivity index (χ0v) is 28.7. The van der Waals surface area contributed by atoms with E-state index >= 15 is 4.79 Å².